The Bertz CT molecular complexity index is 802. The molecule has 5 nitrogen and oxygen atoms in total. The van der Waals surface area contributed by atoms with E-state index in [1.807, 2.05) is 13.1 Å². The van der Waals surface area contributed by atoms with Crippen molar-refractivity contribution in [2.45, 2.75) is 26.4 Å². The standard InChI is InChI=1S/C19H22FN5/c1-13-5-6-15(22-10-13)11-24-8-9-25-17(12-24)14(2)18(23-25)19-16(20)4-3-7-21-19/h3-7,10,18,23H,8-9,11-12H2,1-2H3. The minimum absolute atomic E-state index is 0.186. The minimum atomic E-state index is -0.263. The molecule has 0 amide bonds. The van der Waals surface area contributed by atoms with Crippen LogP contribution in [0.1, 0.15) is 29.9 Å². The Kier molecular flexibility index (Phi) is 4.23. The highest BCUT2D eigenvalue weighted by molar-refractivity contribution is 5.31. The molecule has 25 heavy (non-hydrogen) atoms. The summed E-state index contributed by atoms with van der Waals surface area (Å²) in [5.41, 5.74) is 8.48. The van der Waals surface area contributed by atoms with E-state index >= 15 is 0 Å². The molecule has 2 aliphatic rings. The molecule has 2 aliphatic heterocycles. The van der Waals surface area contributed by atoms with Gasteiger partial charge in [-0.05, 0) is 43.2 Å². The fourth-order valence-corrected chi connectivity index (χ4v) is 3.48. The van der Waals surface area contributed by atoms with Crippen molar-refractivity contribution in [1.82, 2.24) is 25.3 Å². The summed E-state index contributed by atoms with van der Waals surface area (Å²) in [7, 11) is 0. The van der Waals surface area contributed by atoms with E-state index in [2.05, 4.69) is 44.4 Å². The van der Waals surface area contributed by atoms with Gasteiger partial charge >= 0.3 is 0 Å². The Morgan fingerprint density at radius 2 is 2.08 bits per heavy atom. The van der Waals surface area contributed by atoms with Crippen molar-refractivity contribution in [3.8, 4) is 0 Å². The molecule has 1 atom stereocenters. The molecule has 1 N–H and O–H groups in total. The molecule has 6 heteroatoms. The van der Waals surface area contributed by atoms with Crippen molar-refractivity contribution < 1.29 is 4.39 Å². The molecule has 4 heterocycles. The number of hydrogen-bond donors (Lipinski definition) is 1. The Hall–Kier alpha value is -2.31. The second kappa shape index (κ2) is 6.54. The second-order valence-electron chi connectivity index (χ2n) is 6.75. The lowest BCUT2D eigenvalue weighted by atomic mass is 10.0. The summed E-state index contributed by atoms with van der Waals surface area (Å²) in [6, 6.07) is 7.09. The van der Waals surface area contributed by atoms with E-state index in [0.29, 0.717) is 5.69 Å². The fourth-order valence-electron chi connectivity index (χ4n) is 3.48. The summed E-state index contributed by atoms with van der Waals surface area (Å²) in [5, 5.41) is 2.15. The van der Waals surface area contributed by atoms with E-state index in [1.165, 1.54) is 17.3 Å². The Morgan fingerprint density at radius 3 is 2.84 bits per heavy atom. The predicted molar refractivity (Wildman–Crippen MR) is 93.7 cm³/mol. The van der Waals surface area contributed by atoms with Crippen LogP contribution in [-0.2, 0) is 6.54 Å². The second-order valence-corrected chi connectivity index (χ2v) is 6.75. The molecule has 2 aromatic heterocycles. The number of nitrogens with one attached hydrogen (secondary N) is 1. The normalized spacial score (nSPS) is 20.9. The lowest BCUT2D eigenvalue weighted by Gasteiger charge is -2.35. The zero-order valence-corrected chi connectivity index (χ0v) is 14.5. The maximum Gasteiger partial charge on any atom is 0.146 e. The zero-order valence-electron chi connectivity index (χ0n) is 14.5. The maximum absolute atomic E-state index is 14.1. The summed E-state index contributed by atoms with van der Waals surface area (Å²) in [5.74, 6) is -0.263. The van der Waals surface area contributed by atoms with Gasteiger partial charge < -0.3 is 5.01 Å². The average Bonchev–Trinajstić information content (AvgIpc) is 2.94. The zero-order chi connectivity index (χ0) is 17.4. The van der Waals surface area contributed by atoms with E-state index < -0.39 is 0 Å². The monoisotopic (exact) mass is 339 g/mol. The van der Waals surface area contributed by atoms with Gasteiger partial charge in [-0.25, -0.2) is 9.82 Å². The Balaban J connectivity index is 1.52. The molecule has 0 spiro atoms. The van der Waals surface area contributed by atoms with E-state index in [1.54, 1.807) is 12.3 Å². The first-order valence-corrected chi connectivity index (χ1v) is 8.59. The van der Waals surface area contributed by atoms with Gasteiger partial charge in [-0.3, -0.25) is 14.9 Å². The highest BCUT2D eigenvalue weighted by atomic mass is 19.1. The maximum atomic E-state index is 14.1. The quantitative estimate of drug-likeness (QED) is 0.931. The lowest BCUT2D eigenvalue weighted by molar-refractivity contribution is 0.138. The van der Waals surface area contributed by atoms with Gasteiger partial charge in [0.25, 0.3) is 0 Å². The molecule has 0 radical (unpaired) electrons. The SMILES string of the molecule is CC1=C2CN(Cc3ccc(C)cn3)CCN2NC1c1ncccc1F. The van der Waals surface area contributed by atoms with Gasteiger partial charge in [0.05, 0.1) is 17.4 Å². The van der Waals surface area contributed by atoms with Gasteiger partial charge in [-0.2, -0.15) is 0 Å². The Morgan fingerprint density at radius 1 is 1.20 bits per heavy atom. The van der Waals surface area contributed by atoms with Gasteiger partial charge in [0, 0.05) is 44.3 Å². The number of aromatic nitrogens is 2. The molecule has 0 bridgehead atoms. The molecule has 1 fully saturated rings. The summed E-state index contributed by atoms with van der Waals surface area (Å²) >= 11 is 0. The number of hydrogen-bond acceptors (Lipinski definition) is 5. The minimum Gasteiger partial charge on any atom is -0.309 e. The van der Waals surface area contributed by atoms with E-state index in [-0.39, 0.29) is 11.9 Å². The smallest absolute Gasteiger partial charge is 0.146 e. The number of pyridine rings is 2. The molecule has 2 aromatic rings. The van der Waals surface area contributed by atoms with Gasteiger partial charge in [-0.1, -0.05) is 6.07 Å². The number of aryl methyl sites for hydroxylation is 1. The molecule has 0 aromatic carbocycles. The van der Waals surface area contributed by atoms with Gasteiger partial charge in [0.2, 0.25) is 0 Å². The first-order valence-electron chi connectivity index (χ1n) is 8.59. The molecule has 1 saturated heterocycles. The third-order valence-electron chi connectivity index (χ3n) is 4.93. The number of halogens is 1. The first-order chi connectivity index (χ1) is 12.1. The van der Waals surface area contributed by atoms with Crippen LogP contribution < -0.4 is 5.43 Å². The highest BCUT2D eigenvalue weighted by Crippen LogP contribution is 2.33. The topological polar surface area (TPSA) is 44.3 Å². The summed E-state index contributed by atoms with van der Waals surface area (Å²) in [4.78, 5) is 11.1. The van der Waals surface area contributed by atoms with Crippen LogP contribution in [0.2, 0.25) is 0 Å². The van der Waals surface area contributed by atoms with Crippen molar-refractivity contribution in [2.75, 3.05) is 19.6 Å². The van der Waals surface area contributed by atoms with Crippen LogP contribution in [0.5, 0.6) is 0 Å². The number of rotatable bonds is 3. The predicted octanol–water partition coefficient (Wildman–Crippen LogP) is 2.58. The van der Waals surface area contributed by atoms with Crippen molar-refractivity contribution in [2.24, 2.45) is 0 Å². The van der Waals surface area contributed by atoms with E-state index in [4.69, 9.17) is 0 Å². The lowest BCUT2D eigenvalue weighted by Crippen LogP contribution is -2.47. The first kappa shape index (κ1) is 16.2. The van der Waals surface area contributed by atoms with Gasteiger partial charge in [0.15, 0.2) is 0 Å². The van der Waals surface area contributed by atoms with Crippen molar-refractivity contribution >= 4 is 0 Å². The van der Waals surface area contributed by atoms with Crippen LogP contribution in [0, 0.1) is 12.7 Å². The van der Waals surface area contributed by atoms with Crippen molar-refractivity contribution in [3.05, 3.63) is 70.7 Å². The number of nitrogens with zero attached hydrogens (tertiary/aromatic N) is 4. The van der Waals surface area contributed by atoms with Crippen LogP contribution in [0.25, 0.3) is 0 Å². The van der Waals surface area contributed by atoms with E-state index in [0.717, 1.165) is 37.4 Å². The van der Waals surface area contributed by atoms with Gasteiger partial charge in [0.1, 0.15) is 5.82 Å². The van der Waals surface area contributed by atoms with Crippen molar-refractivity contribution in [1.29, 1.82) is 0 Å². The molecule has 0 saturated carbocycles. The third-order valence-corrected chi connectivity index (χ3v) is 4.93. The number of hydrazine groups is 1. The molecular weight excluding hydrogens is 317 g/mol. The fraction of sp³-hybridized carbons (Fsp3) is 0.368. The molecule has 0 aliphatic carbocycles. The highest BCUT2D eigenvalue weighted by Gasteiger charge is 2.35. The summed E-state index contributed by atoms with van der Waals surface area (Å²) in [6.45, 7) is 7.58. The number of fused-ring (bicyclic) bond motifs is 1. The Labute approximate surface area is 147 Å². The largest absolute Gasteiger partial charge is 0.309 e. The average molecular weight is 339 g/mol. The van der Waals surface area contributed by atoms with Crippen molar-refractivity contribution in [3.63, 3.8) is 0 Å². The molecular formula is C19H22FN5. The number of piperazine rings is 1. The van der Waals surface area contributed by atoms with Crippen LogP contribution in [0.15, 0.2) is 47.9 Å². The summed E-state index contributed by atoms with van der Waals surface area (Å²) in [6.07, 6.45) is 3.55. The van der Waals surface area contributed by atoms with Crippen LogP contribution >= 0.6 is 0 Å². The molecule has 4 rings (SSSR count). The van der Waals surface area contributed by atoms with Crippen LogP contribution in [0.4, 0.5) is 4.39 Å². The van der Waals surface area contributed by atoms with Crippen LogP contribution in [-0.4, -0.2) is 39.5 Å². The molecule has 1 unspecified atom stereocenters. The van der Waals surface area contributed by atoms with Gasteiger partial charge in [-0.15, -0.1) is 0 Å². The third kappa shape index (κ3) is 3.15. The summed E-state index contributed by atoms with van der Waals surface area (Å²) < 4.78 is 14.1. The van der Waals surface area contributed by atoms with E-state index in [9.17, 15) is 4.39 Å². The van der Waals surface area contributed by atoms with Crippen LogP contribution in [0.3, 0.4) is 0 Å². The molecule has 130 valence electrons.